The molecule has 0 aliphatic carbocycles. The molecule has 0 radical (unpaired) electrons. The van der Waals surface area contributed by atoms with Crippen molar-refractivity contribution in [1.29, 1.82) is 0 Å². The van der Waals surface area contributed by atoms with Gasteiger partial charge in [-0.25, -0.2) is 0 Å². The summed E-state index contributed by atoms with van der Waals surface area (Å²) in [6.45, 7) is 0.714. The van der Waals surface area contributed by atoms with E-state index in [1.165, 1.54) is 12.1 Å². The Labute approximate surface area is 177 Å². The van der Waals surface area contributed by atoms with Gasteiger partial charge < -0.3 is 10.2 Å². The molecule has 5 rings (SSSR count). The number of nitrogens with one attached hydrogen (secondary N) is 1. The number of anilines is 2. The van der Waals surface area contributed by atoms with E-state index in [1.54, 1.807) is 11.9 Å². The minimum absolute atomic E-state index is 0.0779. The number of para-hydroxylation sites is 1. The van der Waals surface area contributed by atoms with Gasteiger partial charge >= 0.3 is 6.18 Å². The van der Waals surface area contributed by atoms with E-state index in [2.05, 4.69) is 10.2 Å². The van der Waals surface area contributed by atoms with Crippen molar-refractivity contribution in [2.75, 3.05) is 23.8 Å². The number of amides is 2. The third-order valence-electron chi connectivity index (χ3n) is 6.92. The summed E-state index contributed by atoms with van der Waals surface area (Å²) in [5, 5.41) is 2.67. The van der Waals surface area contributed by atoms with Crippen LogP contribution in [0.2, 0.25) is 0 Å². The van der Waals surface area contributed by atoms with Gasteiger partial charge in [-0.15, -0.1) is 0 Å². The fourth-order valence-electron chi connectivity index (χ4n) is 5.67. The molecule has 3 aliphatic heterocycles. The Bertz CT molecular complexity index is 1070. The monoisotopic (exact) mass is 429 g/mol. The van der Waals surface area contributed by atoms with Crippen LogP contribution in [0.5, 0.6) is 0 Å². The van der Waals surface area contributed by atoms with Gasteiger partial charge in [0.1, 0.15) is 5.54 Å². The lowest BCUT2D eigenvalue weighted by molar-refractivity contribution is -0.137. The Balaban J connectivity index is 1.55. The SMILES string of the molecule is CN1C(=O)C2(c3ccccc31)C(C(=O)Nc1cccc(C(F)(F)F)c1)CC1CCCN12. The first kappa shape index (κ1) is 20.1. The maximum Gasteiger partial charge on any atom is 0.416 e. The highest BCUT2D eigenvalue weighted by Gasteiger charge is 2.66. The van der Waals surface area contributed by atoms with Gasteiger partial charge in [0.15, 0.2) is 0 Å². The van der Waals surface area contributed by atoms with E-state index in [0.29, 0.717) is 13.0 Å². The summed E-state index contributed by atoms with van der Waals surface area (Å²) in [6.07, 6.45) is -2.15. The number of fused-ring (bicyclic) bond motifs is 4. The second-order valence-corrected chi connectivity index (χ2v) is 8.49. The van der Waals surface area contributed by atoms with E-state index < -0.39 is 29.1 Å². The van der Waals surface area contributed by atoms with Crippen molar-refractivity contribution in [3.8, 4) is 0 Å². The molecule has 3 unspecified atom stereocenters. The number of nitrogens with zero attached hydrogens (tertiary/aromatic N) is 2. The molecule has 8 heteroatoms. The van der Waals surface area contributed by atoms with Crippen LogP contribution in [0.4, 0.5) is 24.5 Å². The lowest BCUT2D eigenvalue weighted by Gasteiger charge is -2.37. The first-order chi connectivity index (χ1) is 14.7. The van der Waals surface area contributed by atoms with Gasteiger partial charge in [0.25, 0.3) is 5.91 Å². The Hall–Kier alpha value is -2.87. The smallest absolute Gasteiger partial charge is 0.326 e. The molecule has 162 valence electrons. The Kier molecular flexibility index (Phi) is 4.41. The first-order valence-corrected chi connectivity index (χ1v) is 10.4. The summed E-state index contributed by atoms with van der Waals surface area (Å²) in [5.74, 6) is -1.26. The van der Waals surface area contributed by atoms with Crippen LogP contribution < -0.4 is 10.2 Å². The second kappa shape index (κ2) is 6.82. The predicted octanol–water partition coefficient (Wildman–Crippen LogP) is 4.00. The topological polar surface area (TPSA) is 52.7 Å². The minimum Gasteiger partial charge on any atom is -0.326 e. The number of alkyl halides is 3. The molecule has 0 aromatic heterocycles. The molecule has 2 aromatic rings. The fourth-order valence-corrected chi connectivity index (χ4v) is 5.67. The van der Waals surface area contributed by atoms with Crippen molar-refractivity contribution >= 4 is 23.2 Å². The van der Waals surface area contributed by atoms with Crippen LogP contribution >= 0.6 is 0 Å². The lowest BCUT2D eigenvalue weighted by atomic mass is 9.78. The number of carbonyl (C=O) groups is 2. The van der Waals surface area contributed by atoms with E-state index in [-0.39, 0.29) is 17.6 Å². The summed E-state index contributed by atoms with van der Waals surface area (Å²) >= 11 is 0. The first-order valence-electron chi connectivity index (χ1n) is 10.4. The van der Waals surface area contributed by atoms with Crippen molar-refractivity contribution in [3.05, 3.63) is 59.7 Å². The average molecular weight is 429 g/mol. The third-order valence-corrected chi connectivity index (χ3v) is 6.92. The molecule has 3 atom stereocenters. The molecule has 0 bridgehead atoms. The molecule has 2 fully saturated rings. The summed E-state index contributed by atoms with van der Waals surface area (Å²) < 4.78 is 39.3. The van der Waals surface area contributed by atoms with Crippen molar-refractivity contribution < 1.29 is 22.8 Å². The number of rotatable bonds is 2. The van der Waals surface area contributed by atoms with Gasteiger partial charge in [-0.1, -0.05) is 24.3 Å². The molecule has 2 saturated heterocycles. The lowest BCUT2D eigenvalue weighted by Crippen LogP contribution is -2.55. The van der Waals surface area contributed by atoms with Crippen LogP contribution in [0.25, 0.3) is 0 Å². The average Bonchev–Trinajstić information content (AvgIpc) is 3.38. The zero-order valence-electron chi connectivity index (χ0n) is 16.9. The molecule has 31 heavy (non-hydrogen) atoms. The largest absolute Gasteiger partial charge is 0.416 e. The number of carbonyl (C=O) groups excluding carboxylic acids is 2. The van der Waals surface area contributed by atoms with E-state index in [9.17, 15) is 22.8 Å². The Morgan fingerprint density at radius 2 is 1.94 bits per heavy atom. The third kappa shape index (κ3) is 2.81. The van der Waals surface area contributed by atoms with Crippen molar-refractivity contribution in [3.63, 3.8) is 0 Å². The van der Waals surface area contributed by atoms with Crippen LogP contribution in [0.3, 0.4) is 0 Å². The highest BCUT2D eigenvalue weighted by molar-refractivity contribution is 6.11. The molecule has 3 aliphatic rings. The zero-order valence-corrected chi connectivity index (χ0v) is 16.9. The summed E-state index contributed by atoms with van der Waals surface area (Å²) in [6, 6.07) is 12.2. The maximum atomic E-state index is 13.6. The molecule has 2 amide bonds. The quantitative estimate of drug-likeness (QED) is 0.785. The predicted molar refractivity (Wildman–Crippen MR) is 109 cm³/mol. The number of likely N-dealkylation sites (N-methyl/N-ethyl adjacent to an activating group) is 1. The van der Waals surface area contributed by atoms with Gasteiger partial charge in [-0.3, -0.25) is 14.5 Å². The van der Waals surface area contributed by atoms with Crippen LogP contribution in [-0.4, -0.2) is 36.3 Å². The van der Waals surface area contributed by atoms with E-state index in [0.717, 1.165) is 36.2 Å². The van der Waals surface area contributed by atoms with Crippen LogP contribution in [0.1, 0.15) is 30.4 Å². The zero-order chi connectivity index (χ0) is 22.0. The van der Waals surface area contributed by atoms with Gasteiger partial charge in [-0.2, -0.15) is 13.2 Å². The maximum absolute atomic E-state index is 13.6. The number of hydrogen-bond acceptors (Lipinski definition) is 3. The molecule has 0 saturated carbocycles. The van der Waals surface area contributed by atoms with E-state index in [1.807, 2.05) is 24.3 Å². The van der Waals surface area contributed by atoms with Gasteiger partial charge in [0, 0.05) is 30.0 Å². The van der Waals surface area contributed by atoms with E-state index in [4.69, 9.17) is 0 Å². The van der Waals surface area contributed by atoms with Gasteiger partial charge in [-0.05, 0) is 50.1 Å². The van der Waals surface area contributed by atoms with Gasteiger partial charge in [0.05, 0.1) is 11.5 Å². The van der Waals surface area contributed by atoms with Crippen molar-refractivity contribution in [1.82, 2.24) is 4.90 Å². The highest BCUT2D eigenvalue weighted by Crippen LogP contribution is 2.56. The number of benzene rings is 2. The second-order valence-electron chi connectivity index (χ2n) is 8.49. The van der Waals surface area contributed by atoms with Crippen LogP contribution in [0, 0.1) is 5.92 Å². The highest BCUT2D eigenvalue weighted by atomic mass is 19.4. The molecule has 1 N–H and O–H groups in total. The summed E-state index contributed by atoms with van der Waals surface area (Å²) in [4.78, 5) is 30.8. The number of hydrogen-bond donors (Lipinski definition) is 1. The molecular weight excluding hydrogens is 407 g/mol. The fraction of sp³-hybridized carbons (Fsp3) is 0.391. The van der Waals surface area contributed by atoms with Crippen LogP contribution in [-0.2, 0) is 21.3 Å². The van der Waals surface area contributed by atoms with Crippen molar-refractivity contribution in [2.45, 2.75) is 37.0 Å². The van der Waals surface area contributed by atoms with Crippen molar-refractivity contribution in [2.24, 2.45) is 5.92 Å². The Morgan fingerprint density at radius 3 is 2.71 bits per heavy atom. The summed E-state index contributed by atoms with van der Waals surface area (Å²) in [5.41, 5.74) is -0.283. The van der Waals surface area contributed by atoms with Crippen LogP contribution in [0.15, 0.2) is 48.5 Å². The molecule has 3 heterocycles. The summed E-state index contributed by atoms with van der Waals surface area (Å²) in [7, 11) is 1.71. The Morgan fingerprint density at radius 1 is 1.16 bits per heavy atom. The molecule has 1 spiro atoms. The number of halogens is 3. The van der Waals surface area contributed by atoms with E-state index >= 15 is 0 Å². The minimum atomic E-state index is -4.50. The van der Waals surface area contributed by atoms with Gasteiger partial charge in [0.2, 0.25) is 5.91 Å². The molecular formula is C23H22F3N3O2. The molecule has 2 aromatic carbocycles. The standard InChI is InChI=1S/C23H22F3N3O2/c1-28-19-10-3-2-9-17(19)22(21(28)31)18(13-16-8-5-11-29(16)22)20(30)27-15-7-4-6-14(12-15)23(24,25)26/h2-4,6-7,9-10,12,16,18H,5,8,11,13H2,1H3,(H,27,30). The molecule has 5 nitrogen and oxygen atoms in total. The normalized spacial score (nSPS) is 27.6.